The molecule has 0 amide bonds. The Morgan fingerprint density at radius 1 is 1.30 bits per heavy atom. The molecule has 0 bridgehead atoms. The van der Waals surface area contributed by atoms with Gasteiger partial charge in [-0.3, -0.25) is 0 Å². The molecule has 0 radical (unpaired) electrons. The molecule has 5 nitrogen and oxygen atoms in total. The number of aromatic nitrogens is 2. The van der Waals surface area contributed by atoms with Gasteiger partial charge in [0.25, 0.3) is 0 Å². The Balaban J connectivity index is 3.32. The van der Waals surface area contributed by atoms with Crippen LogP contribution < -0.4 is 10.2 Å². The van der Waals surface area contributed by atoms with Gasteiger partial charge in [0.1, 0.15) is 17.5 Å². The number of nitrogens with one attached hydrogen (secondary N) is 1. The fourth-order valence-electron chi connectivity index (χ4n) is 1.99. The van der Waals surface area contributed by atoms with Gasteiger partial charge in [0, 0.05) is 31.1 Å². The molecule has 0 aliphatic carbocycles. The summed E-state index contributed by atoms with van der Waals surface area (Å²) in [6.45, 7) is 11.9. The topological polar surface area (TPSA) is 64.8 Å². The smallest absolute Gasteiger partial charge is 0.138 e. The third kappa shape index (κ3) is 3.60. The van der Waals surface area contributed by atoms with Crippen LogP contribution in [-0.4, -0.2) is 30.1 Å². The highest BCUT2D eigenvalue weighted by Gasteiger charge is 2.22. The number of hydrogen-bond donors (Lipinski definition) is 1. The zero-order valence-electron chi connectivity index (χ0n) is 13.4. The van der Waals surface area contributed by atoms with E-state index < -0.39 is 0 Å². The predicted molar refractivity (Wildman–Crippen MR) is 83.1 cm³/mol. The Morgan fingerprint density at radius 2 is 1.95 bits per heavy atom. The van der Waals surface area contributed by atoms with Crippen LogP contribution in [0.25, 0.3) is 0 Å². The first-order valence-corrected chi connectivity index (χ1v) is 7.03. The van der Waals surface area contributed by atoms with Crippen LogP contribution in [-0.2, 0) is 5.41 Å². The third-order valence-electron chi connectivity index (χ3n) is 3.20. The fourth-order valence-corrected chi connectivity index (χ4v) is 1.99. The number of hydrogen-bond acceptors (Lipinski definition) is 5. The van der Waals surface area contributed by atoms with Crippen LogP contribution in [0, 0.1) is 18.3 Å². The number of rotatable bonds is 5. The van der Waals surface area contributed by atoms with Crippen LogP contribution in [0.2, 0.25) is 0 Å². The zero-order chi connectivity index (χ0) is 15.3. The molecule has 0 unspecified atom stereocenters. The van der Waals surface area contributed by atoms with Crippen LogP contribution >= 0.6 is 0 Å². The molecule has 1 heterocycles. The molecule has 1 aromatic rings. The minimum atomic E-state index is -0.108. The first-order valence-electron chi connectivity index (χ1n) is 7.03. The highest BCUT2D eigenvalue weighted by atomic mass is 15.2. The van der Waals surface area contributed by atoms with E-state index in [4.69, 9.17) is 10.2 Å². The molecule has 1 rings (SSSR count). The van der Waals surface area contributed by atoms with Crippen LogP contribution in [0.4, 0.5) is 11.6 Å². The van der Waals surface area contributed by atoms with Gasteiger partial charge in [-0.1, -0.05) is 20.8 Å². The summed E-state index contributed by atoms with van der Waals surface area (Å²) in [5, 5.41) is 11.9. The van der Waals surface area contributed by atoms with Crippen molar-refractivity contribution >= 4 is 11.6 Å². The van der Waals surface area contributed by atoms with Gasteiger partial charge in [-0.05, 0) is 13.8 Å². The Morgan fingerprint density at radius 3 is 2.40 bits per heavy atom. The SMILES string of the molecule is CCN(CCC#N)c1nc(C(C)(C)C)nc(NC)c1C. The molecular weight excluding hydrogens is 250 g/mol. The van der Waals surface area contributed by atoms with Gasteiger partial charge in [0.05, 0.1) is 12.5 Å². The lowest BCUT2D eigenvalue weighted by Crippen LogP contribution is -2.28. The third-order valence-corrected chi connectivity index (χ3v) is 3.20. The molecule has 0 saturated heterocycles. The highest BCUT2D eigenvalue weighted by molar-refractivity contribution is 5.58. The minimum absolute atomic E-state index is 0.108. The fraction of sp³-hybridized carbons (Fsp3) is 0.667. The normalized spacial score (nSPS) is 11.1. The molecule has 0 aromatic carbocycles. The van der Waals surface area contributed by atoms with Crippen molar-refractivity contribution in [1.82, 2.24) is 9.97 Å². The molecule has 1 N–H and O–H groups in total. The highest BCUT2D eigenvalue weighted by Crippen LogP contribution is 2.28. The molecule has 0 saturated carbocycles. The van der Waals surface area contributed by atoms with Gasteiger partial charge in [-0.2, -0.15) is 5.26 Å². The standard InChI is InChI=1S/C15H25N5/c1-7-20(10-8-9-16)13-11(2)12(17-6)18-14(19-13)15(3,4)5/h7-8,10H2,1-6H3,(H,17,18,19). The van der Waals surface area contributed by atoms with Crippen LogP contribution in [0.5, 0.6) is 0 Å². The average Bonchev–Trinajstić information content (AvgIpc) is 2.39. The van der Waals surface area contributed by atoms with E-state index >= 15 is 0 Å². The van der Waals surface area contributed by atoms with E-state index in [1.165, 1.54) is 0 Å². The maximum absolute atomic E-state index is 8.79. The van der Waals surface area contributed by atoms with E-state index in [0.29, 0.717) is 13.0 Å². The molecule has 0 spiro atoms. The van der Waals surface area contributed by atoms with Crippen LogP contribution in [0.3, 0.4) is 0 Å². The van der Waals surface area contributed by atoms with Gasteiger partial charge in [-0.15, -0.1) is 0 Å². The van der Waals surface area contributed by atoms with Crippen molar-refractivity contribution in [3.8, 4) is 6.07 Å². The Hall–Kier alpha value is -1.83. The van der Waals surface area contributed by atoms with Crippen molar-refractivity contribution in [2.75, 3.05) is 30.4 Å². The monoisotopic (exact) mass is 275 g/mol. The summed E-state index contributed by atoms with van der Waals surface area (Å²) in [5.41, 5.74) is 0.920. The number of nitrogens with zero attached hydrogens (tertiary/aromatic N) is 4. The van der Waals surface area contributed by atoms with Crippen molar-refractivity contribution < 1.29 is 0 Å². The van der Waals surface area contributed by atoms with Gasteiger partial charge >= 0.3 is 0 Å². The molecule has 110 valence electrons. The maximum Gasteiger partial charge on any atom is 0.138 e. The second-order valence-electron chi connectivity index (χ2n) is 5.83. The lowest BCUT2D eigenvalue weighted by Gasteiger charge is -2.26. The summed E-state index contributed by atoms with van der Waals surface area (Å²) in [5.74, 6) is 2.60. The second kappa shape index (κ2) is 6.56. The first kappa shape index (κ1) is 16.2. The van der Waals surface area contributed by atoms with Crippen molar-refractivity contribution in [3.63, 3.8) is 0 Å². The van der Waals surface area contributed by atoms with Crippen molar-refractivity contribution in [2.24, 2.45) is 0 Å². The van der Waals surface area contributed by atoms with Gasteiger partial charge < -0.3 is 10.2 Å². The summed E-state index contributed by atoms with van der Waals surface area (Å²) in [6.07, 6.45) is 0.497. The predicted octanol–water partition coefficient (Wildman–Crippen LogP) is 2.86. The molecular formula is C15H25N5. The van der Waals surface area contributed by atoms with Gasteiger partial charge in [-0.25, -0.2) is 9.97 Å². The van der Waals surface area contributed by atoms with E-state index in [9.17, 15) is 0 Å². The van der Waals surface area contributed by atoms with Crippen molar-refractivity contribution in [2.45, 2.75) is 46.5 Å². The summed E-state index contributed by atoms with van der Waals surface area (Å²) in [6, 6.07) is 2.19. The minimum Gasteiger partial charge on any atom is -0.373 e. The van der Waals surface area contributed by atoms with Gasteiger partial charge in [0.2, 0.25) is 0 Å². The molecule has 5 heteroatoms. The average molecular weight is 275 g/mol. The molecule has 1 aromatic heterocycles. The van der Waals surface area contributed by atoms with Crippen molar-refractivity contribution in [3.05, 3.63) is 11.4 Å². The molecule has 0 aliphatic rings. The van der Waals surface area contributed by atoms with E-state index in [1.807, 2.05) is 14.0 Å². The summed E-state index contributed by atoms with van der Waals surface area (Å²) >= 11 is 0. The lowest BCUT2D eigenvalue weighted by molar-refractivity contribution is 0.544. The first-order chi connectivity index (χ1) is 9.35. The summed E-state index contributed by atoms with van der Waals surface area (Å²) in [7, 11) is 1.87. The maximum atomic E-state index is 8.79. The van der Waals surface area contributed by atoms with Crippen LogP contribution in [0.1, 0.15) is 45.5 Å². The zero-order valence-corrected chi connectivity index (χ0v) is 13.4. The Bertz CT molecular complexity index is 496. The van der Waals surface area contributed by atoms with Crippen molar-refractivity contribution in [1.29, 1.82) is 5.26 Å². The number of nitriles is 1. The van der Waals surface area contributed by atoms with E-state index in [-0.39, 0.29) is 5.41 Å². The van der Waals surface area contributed by atoms with Gasteiger partial charge in [0.15, 0.2) is 0 Å². The second-order valence-corrected chi connectivity index (χ2v) is 5.83. The molecule has 0 aliphatic heterocycles. The quantitative estimate of drug-likeness (QED) is 0.895. The summed E-state index contributed by atoms with van der Waals surface area (Å²) in [4.78, 5) is 11.5. The molecule has 0 atom stereocenters. The van der Waals surface area contributed by atoms with E-state index in [1.54, 1.807) is 0 Å². The number of anilines is 2. The summed E-state index contributed by atoms with van der Waals surface area (Å²) < 4.78 is 0. The Kier molecular flexibility index (Phi) is 5.32. The van der Waals surface area contributed by atoms with E-state index in [2.05, 4.69) is 49.0 Å². The largest absolute Gasteiger partial charge is 0.373 e. The Labute approximate surface area is 122 Å². The van der Waals surface area contributed by atoms with E-state index in [0.717, 1.165) is 29.6 Å². The van der Waals surface area contributed by atoms with Crippen LogP contribution in [0.15, 0.2) is 0 Å². The molecule has 20 heavy (non-hydrogen) atoms. The molecule has 0 fully saturated rings. The lowest BCUT2D eigenvalue weighted by atomic mass is 9.95.